The van der Waals surface area contributed by atoms with Gasteiger partial charge < -0.3 is 10.4 Å². The van der Waals surface area contributed by atoms with Gasteiger partial charge in [-0.3, -0.25) is 0 Å². The summed E-state index contributed by atoms with van der Waals surface area (Å²) in [5, 5.41) is 14.8. The molecule has 0 amide bonds. The molecule has 0 fully saturated rings. The maximum atomic E-state index is 13.8. The summed E-state index contributed by atoms with van der Waals surface area (Å²) in [4.78, 5) is 1.20. The normalized spacial score (nSPS) is 19.0. The van der Waals surface area contributed by atoms with Gasteiger partial charge >= 0.3 is 0 Å². The Morgan fingerprint density at radius 1 is 1.35 bits per heavy atom. The first kappa shape index (κ1) is 10.7. The van der Waals surface area contributed by atoms with Crippen LogP contribution in [-0.4, -0.2) is 11.7 Å². The Bertz CT molecular complexity index is 552. The SMILES string of the molecule is Oc1ccc(F)c(C2CNCc3ccsc32)c1. The fraction of sp³-hybridized carbons (Fsp3) is 0.231. The average molecular weight is 249 g/mol. The summed E-state index contributed by atoms with van der Waals surface area (Å²) in [5.74, 6) is -0.133. The van der Waals surface area contributed by atoms with Gasteiger partial charge in [-0.25, -0.2) is 4.39 Å². The lowest BCUT2D eigenvalue weighted by Crippen LogP contribution is -2.27. The standard InChI is InChI=1S/C13H12FNOS/c14-12-2-1-9(16)5-10(12)11-7-15-6-8-3-4-17-13(8)11/h1-5,11,15-16H,6-7H2. The van der Waals surface area contributed by atoms with E-state index in [-0.39, 0.29) is 17.5 Å². The van der Waals surface area contributed by atoms with Gasteiger partial charge in [0, 0.05) is 29.4 Å². The summed E-state index contributed by atoms with van der Waals surface area (Å²) in [6.07, 6.45) is 0. The van der Waals surface area contributed by atoms with E-state index < -0.39 is 0 Å². The molecule has 1 unspecified atom stereocenters. The van der Waals surface area contributed by atoms with Crippen molar-refractivity contribution in [2.45, 2.75) is 12.5 Å². The number of hydrogen-bond donors (Lipinski definition) is 2. The number of halogens is 1. The quantitative estimate of drug-likeness (QED) is 0.814. The molecule has 3 rings (SSSR count). The lowest BCUT2D eigenvalue weighted by atomic mass is 9.92. The van der Waals surface area contributed by atoms with E-state index in [0.717, 1.165) is 6.54 Å². The van der Waals surface area contributed by atoms with Crippen LogP contribution in [0.25, 0.3) is 0 Å². The first-order valence-electron chi connectivity index (χ1n) is 5.51. The van der Waals surface area contributed by atoms with Crippen molar-refractivity contribution in [3.63, 3.8) is 0 Å². The molecule has 1 aliphatic rings. The Balaban J connectivity index is 2.09. The van der Waals surface area contributed by atoms with Crippen LogP contribution in [0.4, 0.5) is 4.39 Å². The van der Waals surface area contributed by atoms with Crippen LogP contribution in [0.3, 0.4) is 0 Å². The van der Waals surface area contributed by atoms with E-state index in [4.69, 9.17) is 0 Å². The molecular weight excluding hydrogens is 237 g/mol. The van der Waals surface area contributed by atoms with Crippen molar-refractivity contribution in [1.29, 1.82) is 0 Å². The van der Waals surface area contributed by atoms with E-state index >= 15 is 0 Å². The van der Waals surface area contributed by atoms with E-state index in [1.54, 1.807) is 11.3 Å². The molecule has 0 aliphatic carbocycles. The third-order valence-electron chi connectivity index (χ3n) is 3.12. The summed E-state index contributed by atoms with van der Waals surface area (Å²) >= 11 is 1.65. The van der Waals surface area contributed by atoms with Crippen molar-refractivity contribution in [1.82, 2.24) is 5.32 Å². The van der Waals surface area contributed by atoms with Crippen molar-refractivity contribution >= 4 is 11.3 Å². The molecule has 88 valence electrons. The predicted molar refractivity (Wildman–Crippen MR) is 65.9 cm³/mol. The molecule has 1 aromatic carbocycles. The monoisotopic (exact) mass is 249 g/mol. The minimum atomic E-state index is -0.254. The second-order valence-corrected chi connectivity index (χ2v) is 5.15. The van der Waals surface area contributed by atoms with Gasteiger partial charge in [0.1, 0.15) is 11.6 Å². The van der Waals surface area contributed by atoms with Crippen molar-refractivity contribution in [3.8, 4) is 5.75 Å². The van der Waals surface area contributed by atoms with Gasteiger partial charge in [-0.15, -0.1) is 11.3 Å². The van der Waals surface area contributed by atoms with Gasteiger partial charge in [0.15, 0.2) is 0 Å². The second-order valence-electron chi connectivity index (χ2n) is 4.20. The van der Waals surface area contributed by atoms with E-state index in [0.29, 0.717) is 12.1 Å². The first-order chi connectivity index (χ1) is 8.25. The molecule has 0 spiro atoms. The van der Waals surface area contributed by atoms with Crippen LogP contribution in [0.15, 0.2) is 29.6 Å². The topological polar surface area (TPSA) is 32.3 Å². The molecule has 4 heteroatoms. The fourth-order valence-electron chi connectivity index (χ4n) is 2.29. The van der Waals surface area contributed by atoms with Crippen LogP contribution in [0, 0.1) is 5.82 Å². The summed E-state index contributed by atoms with van der Waals surface area (Å²) in [6.45, 7) is 1.56. The highest BCUT2D eigenvalue weighted by Crippen LogP contribution is 2.36. The minimum absolute atomic E-state index is 0.00542. The van der Waals surface area contributed by atoms with Crippen LogP contribution in [0.5, 0.6) is 5.75 Å². The molecule has 17 heavy (non-hydrogen) atoms. The minimum Gasteiger partial charge on any atom is -0.508 e. The summed E-state index contributed by atoms with van der Waals surface area (Å²) in [7, 11) is 0. The van der Waals surface area contributed by atoms with Gasteiger partial charge in [-0.05, 0) is 35.2 Å². The lowest BCUT2D eigenvalue weighted by molar-refractivity contribution is 0.469. The highest BCUT2D eigenvalue weighted by atomic mass is 32.1. The van der Waals surface area contributed by atoms with Gasteiger partial charge in [0.2, 0.25) is 0 Å². The van der Waals surface area contributed by atoms with E-state index in [1.165, 1.54) is 28.6 Å². The average Bonchev–Trinajstić information content (AvgIpc) is 2.80. The third-order valence-corrected chi connectivity index (χ3v) is 4.19. The molecule has 2 nitrogen and oxygen atoms in total. The van der Waals surface area contributed by atoms with Crippen molar-refractivity contribution < 1.29 is 9.50 Å². The number of phenols is 1. The van der Waals surface area contributed by atoms with Crippen molar-refractivity contribution in [2.75, 3.05) is 6.54 Å². The number of hydrogen-bond acceptors (Lipinski definition) is 3. The highest BCUT2D eigenvalue weighted by molar-refractivity contribution is 7.10. The van der Waals surface area contributed by atoms with Gasteiger partial charge in [0.25, 0.3) is 0 Å². The zero-order chi connectivity index (χ0) is 11.8. The maximum absolute atomic E-state index is 13.8. The molecule has 0 bridgehead atoms. The number of benzene rings is 1. The van der Waals surface area contributed by atoms with Gasteiger partial charge in [-0.2, -0.15) is 0 Å². The van der Waals surface area contributed by atoms with E-state index in [9.17, 15) is 9.50 Å². The molecule has 0 radical (unpaired) electrons. The molecule has 2 heterocycles. The molecule has 0 saturated carbocycles. The Hall–Kier alpha value is -1.39. The zero-order valence-corrected chi connectivity index (χ0v) is 9.93. The second kappa shape index (κ2) is 4.13. The van der Waals surface area contributed by atoms with E-state index in [1.807, 2.05) is 5.38 Å². The van der Waals surface area contributed by atoms with E-state index in [2.05, 4.69) is 11.4 Å². The molecule has 0 saturated heterocycles. The van der Waals surface area contributed by atoms with Crippen LogP contribution >= 0.6 is 11.3 Å². The third kappa shape index (κ3) is 1.83. The van der Waals surface area contributed by atoms with Crippen LogP contribution < -0.4 is 5.32 Å². The summed E-state index contributed by atoms with van der Waals surface area (Å²) in [6, 6.07) is 6.30. The Kier molecular flexibility index (Phi) is 2.61. The predicted octanol–water partition coefficient (Wildman–Crippen LogP) is 2.83. The summed E-state index contributed by atoms with van der Waals surface area (Å²) < 4.78 is 13.8. The number of fused-ring (bicyclic) bond motifs is 1. The van der Waals surface area contributed by atoms with Crippen LogP contribution in [0.1, 0.15) is 21.9 Å². The molecule has 1 aromatic heterocycles. The molecule has 1 aliphatic heterocycles. The number of nitrogens with one attached hydrogen (secondary N) is 1. The zero-order valence-electron chi connectivity index (χ0n) is 9.11. The first-order valence-corrected chi connectivity index (χ1v) is 6.39. The van der Waals surface area contributed by atoms with Crippen LogP contribution in [0.2, 0.25) is 0 Å². The molecular formula is C13H12FNOS. The number of phenolic OH excluding ortho intramolecular Hbond substituents is 1. The largest absolute Gasteiger partial charge is 0.508 e. The molecule has 1 atom stereocenters. The Morgan fingerprint density at radius 2 is 2.24 bits per heavy atom. The maximum Gasteiger partial charge on any atom is 0.127 e. The van der Waals surface area contributed by atoms with Gasteiger partial charge in [0.05, 0.1) is 0 Å². The Morgan fingerprint density at radius 3 is 3.12 bits per heavy atom. The highest BCUT2D eigenvalue weighted by Gasteiger charge is 2.25. The number of thiophene rings is 1. The van der Waals surface area contributed by atoms with Gasteiger partial charge in [-0.1, -0.05) is 0 Å². The smallest absolute Gasteiger partial charge is 0.127 e. The van der Waals surface area contributed by atoms with Crippen molar-refractivity contribution in [3.05, 3.63) is 51.5 Å². The number of aromatic hydroxyl groups is 1. The van der Waals surface area contributed by atoms with Crippen LogP contribution in [-0.2, 0) is 6.54 Å². The molecule has 2 N–H and O–H groups in total. The lowest BCUT2D eigenvalue weighted by Gasteiger charge is -2.24. The number of rotatable bonds is 1. The Labute approximate surface area is 103 Å². The molecule has 2 aromatic rings. The summed E-state index contributed by atoms with van der Waals surface area (Å²) in [5.41, 5.74) is 1.80. The fourth-order valence-corrected chi connectivity index (χ4v) is 3.34. The van der Waals surface area contributed by atoms with Crippen molar-refractivity contribution in [2.24, 2.45) is 0 Å².